The lowest BCUT2D eigenvalue weighted by atomic mass is 9.96. The molecule has 1 saturated heterocycles. The van der Waals surface area contributed by atoms with Crippen LogP contribution in [-0.4, -0.2) is 53.4 Å². The fraction of sp³-hybridized carbons (Fsp3) is 0.258. The van der Waals surface area contributed by atoms with Gasteiger partial charge in [-0.2, -0.15) is 0 Å². The van der Waals surface area contributed by atoms with Crippen molar-refractivity contribution in [2.45, 2.75) is 25.9 Å². The molecule has 3 heterocycles. The Morgan fingerprint density at radius 2 is 1.89 bits per heavy atom. The third kappa shape index (κ3) is 5.66. The van der Waals surface area contributed by atoms with Gasteiger partial charge in [0.05, 0.1) is 48.7 Å². The van der Waals surface area contributed by atoms with E-state index in [0.717, 1.165) is 22.6 Å². The van der Waals surface area contributed by atoms with E-state index in [4.69, 9.17) is 26.4 Å². The van der Waals surface area contributed by atoms with Gasteiger partial charge in [-0.3, -0.25) is 19.9 Å². The second-order valence-corrected chi connectivity index (χ2v) is 10.5. The Bertz CT molecular complexity index is 1730. The number of thiocarbonyl (C=S) groups is 1. The highest BCUT2D eigenvalue weighted by Gasteiger charge is 2.42. The van der Waals surface area contributed by atoms with E-state index >= 15 is 0 Å². The lowest BCUT2D eigenvalue weighted by Gasteiger charge is -2.29. The van der Waals surface area contributed by atoms with Gasteiger partial charge in [0, 0.05) is 30.4 Å². The Morgan fingerprint density at radius 1 is 1.09 bits per heavy atom. The number of pyridine rings is 1. The largest absolute Gasteiger partial charge is 0.496 e. The average molecular weight is 617 g/mol. The quantitative estimate of drug-likeness (QED) is 0.140. The average Bonchev–Trinajstić information content (AvgIpc) is 3.51. The van der Waals surface area contributed by atoms with Crippen molar-refractivity contribution in [1.82, 2.24) is 14.9 Å². The summed E-state index contributed by atoms with van der Waals surface area (Å²) in [5.74, 6) is 0.527. The standard InChI is InChI=1S/C31H32N6O6S/c1-18-14-22(19(2)35(18)25-11-10-21(42-4)16-26(25)37(39)40)30-29(23-8-6-7-13-32-23)34-31(44)36(30)20-9-12-27(43-5)24(15-20)33-28(38)17-41-3/h6-16,29-30H,17H2,1-5H3,(H,33,38)(H,34,44)/t29-,30-/m0/s1. The molecule has 0 spiro atoms. The number of amides is 1. The van der Waals surface area contributed by atoms with E-state index in [2.05, 4.69) is 15.6 Å². The van der Waals surface area contributed by atoms with E-state index in [9.17, 15) is 14.9 Å². The molecule has 2 aromatic carbocycles. The number of ether oxygens (including phenoxy) is 3. The van der Waals surface area contributed by atoms with Gasteiger partial charge < -0.3 is 34.3 Å². The Labute approximate surface area is 259 Å². The zero-order valence-corrected chi connectivity index (χ0v) is 25.7. The minimum absolute atomic E-state index is 0.0810. The molecule has 0 bridgehead atoms. The van der Waals surface area contributed by atoms with Crippen molar-refractivity contribution in [1.29, 1.82) is 0 Å². The van der Waals surface area contributed by atoms with Gasteiger partial charge in [0.25, 0.3) is 5.69 Å². The first-order chi connectivity index (χ1) is 21.2. The molecule has 0 aliphatic carbocycles. The molecule has 2 aromatic heterocycles. The Kier molecular flexibility index (Phi) is 8.78. The number of carbonyl (C=O) groups is 1. The van der Waals surface area contributed by atoms with Crippen LogP contribution in [0.2, 0.25) is 0 Å². The van der Waals surface area contributed by atoms with Crippen molar-refractivity contribution in [3.8, 4) is 17.2 Å². The number of nitrogens with zero attached hydrogens (tertiary/aromatic N) is 4. The summed E-state index contributed by atoms with van der Waals surface area (Å²) < 4.78 is 17.6. The molecule has 5 rings (SSSR count). The van der Waals surface area contributed by atoms with Crippen molar-refractivity contribution in [2.24, 2.45) is 0 Å². The summed E-state index contributed by atoms with van der Waals surface area (Å²) in [6.07, 6.45) is 1.72. The van der Waals surface area contributed by atoms with Gasteiger partial charge in [-0.15, -0.1) is 0 Å². The van der Waals surface area contributed by atoms with Crippen LogP contribution in [0.5, 0.6) is 11.5 Å². The predicted octanol–water partition coefficient (Wildman–Crippen LogP) is 5.18. The van der Waals surface area contributed by atoms with Gasteiger partial charge in [-0.1, -0.05) is 6.07 Å². The van der Waals surface area contributed by atoms with Gasteiger partial charge in [-0.05, 0) is 80.2 Å². The maximum Gasteiger partial charge on any atom is 0.296 e. The molecular formula is C31H32N6O6S. The molecule has 1 fully saturated rings. The summed E-state index contributed by atoms with van der Waals surface area (Å²) in [6.45, 7) is 3.71. The maximum absolute atomic E-state index is 12.4. The molecule has 0 unspecified atom stereocenters. The van der Waals surface area contributed by atoms with E-state index < -0.39 is 11.0 Å². The normalized spacial score (nSPS) is 16.0. The number of methoxy groups -OCH3 is 3. The third-order valence-corrected chi connectivity index (χ3v) is 7.83. The molecule has 1 aliphatic heterocycles. The fourth-order valence-corrected chi connectivity index (χ4v) is 5.98. The summed E-state index contributed by atoms with van der Waals surface area (Å²) in [5, 5.41) is 18.8. The first-order valence-corrected chi connectivity index (χ1v) is 14.1. The van der Waals surface area contributed by atoms with Crippen molar-refractivity contribution in [2.75, 3.05) is 38.2 Å². The van der Waals surface area contributed by atoms with Crippen molar-refractivity contribution in [3.05, 3.63) is 99.6 Å². The molecule has 0 radical (unpaired) electrons. The highest BCUT2D eigenvalue weighted by Crippen LogP contribution is 2.45. The summed E-state index contributed by atoms with van der Waals surface area (Å²) in [7, 11) is 4.44. The Hall–Kier alpha value is -5.01. The molecule has 12 nitrogen and oxygen atoms in total. The fourth-order valence-electron chi connectivity index (χ4n) is 5.63. The van der Waals surface area contributed by atoms with Crippen LogP contribution in [0.15, 0.2) is 66.9 Å². The van der Waals surface area contributed by atoms with E-state index in [1.165, 1.54) is 27.4 Å². The zero-order chi connectivity index (χ0) is 31.5. The molecule has 228 valence electrons. The summed E-state index contributed by atoms with van der Waals surface area (Å²) >= 11 is 5.91. The van der Waals surface area contributed by atoms with Crippen LogP contribution in [0.3, 0.4) is 0 Å². The summed E-state index contributed by atoms with van der Waals surface area (Å²) in [5.41, 5.74) is 4.72. The van der Waals surface area contributed by atoms with Crippen LogP contribution in [0.4, 0.5) is 17.1 Å². The Balaban J connectivity index is 1.68. The number of nitro benzene ring substituents is 1. The number of anilines is 2. The molecule has 4 aromatic rings. The minimum atomic E-state index is -0.414. The molecule has 1 aliphatic rings. The smallest absolute Gasteiger partial charge is 0.296 e. The van der Waals surface area contributed by atoms with Crippen LogP contribution in [0, 0.1) is 24.0 Å². The first kappa shape index (κ1) is 30.4. The van der Waals surface area contributed by atoms with Gasteiger partial charge >= 0.3 is 0 Å². The molecule has 44 heavy (non-hydrogen) atoms. The number of carbonyl (C=O) groups excluding carboxylic acids is 1. The lowest BCUT2D eigenvalue weighted by Crippen LogP contribution is -2.29. The highest BCUT2D eigenvalue weighted by atomic mass is 32.1. The van der Waals surface area contributed by atoms with Crippen molar-refractivity contribution in [3.63, 3.8) is 0 Å². The second kappa shape index (κ2) is 12.7. The predicted molar refractivity (Wildman–Crippen MR) is 170 cm³/mol. The number of nitrogens with one attached hydrogen (secondary N) is 2. The molecule has 2 N–H and O–H groups in total. The van der Waals surface area contributed by atoms with Crippen LogP contribution in [-0.2, 0) is 9.53 Å². The van der Waals surface area contributed by atoms with Crippen LogP contribution in [0.25, 0.3) is 5.69 Å². The molecule has 1 amide bonds. The Morgan fingerprint density at radius 3 is 2.55 bits per heavy atom. The van der Waals surface area contributed by atoms with Crippen LogP contribution < -0.4 is 25.0 Å². The van der Waals surface area contributed by atoms with Gasteiger partial charge in [0.1, 0.15) is 23.8 Å². The lowest BCUT2D eigenvalue weighted by molar-refractivity contribution is -0.384. The number of aromatic nitrogens is 2. The zero-order valence-electron chi connectivity index (χ0n) is 24.9. The molecule has 2 atom stereocenters. The SMILES string of the molecule is COCC(=O)Nc1cc(N2C(=S)N[C@@H](c3ccccn3)[C@@H]2c2cc(C)n(-c3ccc(OC)cc3[N+](=O)[O-])c2C)ccc1OC. The van der Waals surface area contributed by atoms with Crippen LogP contribution >= 0.6 is 12.2 Å². The van der Waals surface area contributed by atoms with Gasteiger partial charge in [0.15, 0.2) is 5.11 Å². The minimum Gasteiger partial charge on any atom is -0.496 e. The summed E-state index contributed by atoms with van der Waals surface area (Å²) in [6, 6.07) is 17.1. The van der Waals surface area contributed by atoms with Gasteiger partial charge in [-0.25, -0.2) is 0 Å². The number of aryl methyl sites for hydroxylation is 1. The summed E-state index contributed by atoms with van der Waals surface area (Å²) in [4.78, 5) is 30.7. The highest BCUT2D eigenvalue weighted by molar-refractivity contribution is 7.80. The number of hydrogen-bond donors (Lipinski definition) is 2. The first-order valence-electron chi connectivity index (χ1n) is 13.7. The van der Waals surface area contributed by atoms with Crippen molar-refractivity contribution < 1.29 is 23.9 Å². The van der Waals surface area contributed by atoms with Crippen molar-refractivity contribution >= 4 is 40.3 Å². The number of benzene rings is 2. The molecule has 13 heteroatoms. The monoisotopic (exact) mass is 616 g/mol. The van der Waals surface area contributed by atoms with E-state index in [1.54, 1.807) is 30.5 Å². The topological polar surface area (TPSA) is 133 Å². The van der Waals surface area contributed by atoms with E-state index in [0.29, 0.717) is 33.7 Å². The third-order valence-electron chi connectivity index (χ3n) is 7.52. The number of nitro groups is 1. The maximum atomic E-state index is 12.4. The number of rotatable bonds is 10. The van der Waals surface area contributed by atoms with E-state index in [1.807, 2.05) is 53.6 Å². The number of hydrogen-bond acceptors (Lipinski definition) is 8. The van der Waals surface area contributed by atoms with Gasteiger partial charge in [0.2, 0.25) is 5.91 Å². The molecule has 0 saturated carbocycles. The molecular weight excluding hydrogens is 584 g/mol. The van der Waals surface area contributed by atoms with Crippen LogP contribution in [0.1, 0.15) is 34.7 Å². The second-order valence-electron chi connectivity index (χ2n) is 10.1. The van der Waals surface area contributed by atoms with E-state index in [-0.39, 0.29) is 24.2 Å².